The third-order valence-electron chi connectivity index (χ3n) is 1.20. The molecule has 1 aromatic rings. The predicted molar refractivity (Wildman–Crippen MR) is 40.4 cm³/mol. The van der Waals surface area contributed by atoms with E-state index in [4.69, 9.17) is 9.60 Å². The Kier molecular flexibility index (Phi) is 0.861. The van der Waals surface area contributed by atoms with Gasteiger partial charge in [-0.2, -0.15) is 13.2 Å². The summed E-state index contributed by atoms with van der Waals surface area (Å²) in [5.74, 6) is -1.40. The average molecular weight is 198 g/mol. The van der Waals surface area contributed by atoms with Gasteiger partial charge in [0.2, 0.25) is 0 Å². The Morgan fingerprint density at radius 2 is 2.23 bits per heavy atom. The van der Waals surface area contributed by atoms with E-state index in [0.29, 0.717) is 0 Å². The SMILES string of the molecule is [2H]c1c(O)c(C([2H])([2H])[2H])nc(C(F)(F)F)c1C([2H])([2H])[2H]. The van der Waals surface area contributed by atoms with Crippen molar-refractivity contribution >= 4 is 0 Å². The zero-order valence-electron chi connectivity index (χ0n) is 13.0. The first kappa shape index (κ1) is 3.86. The number of halogens is 3. The molecule has 0 aliphatic carbocycles. The molecule has 72 valence electrons. The fourth-order valence-corrected chi connectivity index (χ4v) is 0.663. The first-order valence-corrected chi connectivity index (χ1v) is 2.99. The van der Waals surface area contributed by atoms with Crippen LogP contribution in [0.2, 0.25) is 0 Å². The molecule has 13 heavy (non-hydrogen) atoms. The lowest BCUT2D eigenvalue weighted by Crippen LogP contribution is -2.11. The van der Waals surface area contributed by atoms with Gasteiger partial charge in [-0.15, -0.1) is 0 Å². The number of aromatic hydroxyl groups is 1. The van der Waals surface area contributed by atoms with Gasteiger partial charge in [0.15, 0.2) is 0 Å². The minimum absolute atomic E-state index is 1.36. The van der Waals surface area contributed by atoms with Crippen LogP contribution >= 0.6 is 0 Å². The van der Waals surface area contributed by atoms with Crippen molar-refractivity contribution in [2.75, 3.05) is 0 Å². The van der Waals surface area contributed by atoms with Gasteiger partial charge in [-0.1, -0.05) is 0 Å². The predicted octanol–water partition coefficient (Wildman–Crippen LogP) is 2.42. The molecule has 1 aromatic heterocycles. The van der Waals surface area contributed by atoms with Crippen molar-refractivity contribution in [2.24, 2.45) is 0 Å². The molecule has 0 fully saturated rings. The van der Waals surface area contributed by atoms with E-state index >= 15 is 0 Å². The van der Waals surface area contributed by atoms with Crippen LogP contribution in [0.4, 0.5) is 13.2 Å². The van der Waals surface area contributed by atoms with Crippen molar-refractivity contribution < 1.29 is 27.9 Å². The van der Waals surface area contributed by atoms with Gasteiger partial charge in [0.1, 0.15) is 11.4 Å². The highest BCUT2D eigenvalue weighted by Gasteiger charge is 2.34. The molecule has 0 aromatic carbocycles. The molecule has 5 heteroatoms. The minimum Gasteiger partial charge on any atom is -0.506 e. The van der Waals surface area contributed by atoms with E-state index in [1.807, 2.05) is 0 Å². The van der Waals surface area contributed by atoms with Gasteiger partial charge in [-0.25, -0.2) is 4.98 Å². The summed E-state index contributed by atoms with van der Waals surface area (Å²) in [5, 5.41) is 9.44. The second-order valence-corrected chi connectivity index (χ2v) is 2.16. The molecule has 0 atom stereocenters. The summed E-state index contributed by atoms with van der Waals surface area (Å²) in [6, 6.07) is -1.42. The van der Waals surface area contributed by atoms with Crippen LogP contribution in [0.3, 0.4) is 0 Å². The van der Waals surface area contributed by atoms with E-state index in [1.165, 1.54) is 0 Å². The average Bonchev–Trinajstić information content (AvgIpc) is 2.15. The highest BCUT2D eigenvalue weighted by Crippen LogP contribution is 2.32. The molecule has 0 amide bonds. The second kappa shape index (κ2) is 2.90. The normalized spacial score (nSPS) is 21.6. The molecule has 1 rings (SSSR count). The van der Waals surface area contributed by atoms with Crippen molar-refractivity contribution in [3.05, 3.63) is 23.0 Å². The molecule has 1 heterocycles. The number of rotatable bonds is 0. The van der Waals surface area contributed by atoms with Crippen LogP contribution in [0.5, 0.6) is 5.75 Å². The number of pyridine rings is 1. The standard InChI is InChI=1S/C8H8F3NO/c1-4-3-6(13)5(2)12-7(4)8(9,10)11/h3,13H,1-2H3/i1D3,2D3,3D. The maximum atomic E-state index is 12.8. The van der Waals surface area contributed by atoms with Crippen molar-refractivity contribution in [3.63, 3.8) is 0 Å². The number of alkyl halides is 3. The highest BCUT2D eigenvalue weighted by atomic mass is 19.4. The molecule has 0 saturated carbocycles. The summed E-state index contributed by atoms with van der Waals surface area (Å²) in [5.41, 5.74) is -4.90. The lowest BCUT2D eigenvalue weighted by Gasteiger charge is -2.10. The molecular formula is C8H8F3NO. The molecule has 2 nitrogen and oxygen atoms in total. The quantitative estimate of drug-likeness (QED) is 0.694. The molecule has 0 spiro atoms. The summed E-state index contributed by atoms with van der Waals surface area (Å²) < 4.78 is 87.5. The van der Waals surface area contributed by atoms with E-state index in [1.54, 1.807) is 0 Å². The van der Waals surface area contributed by atoms with Crippen LogP contribution in [-0.2, 0) is 6.18 Å². The zero-order chi connectivity index (χ0) is 16.1. The summed E-state index contributed by atoms with van der Waals surface area (Å²) >= 11 is 0. The van der Waals surface area contributed by atoms with E-state index in [-0.39, 0.29) is 0 Å². The third kappa shape index (κ3) is 1.91. The topological polar surface area (TPSA) is 33.1 Å². The number of hydrogen-bond acceptors (Lipinski definition) is 2. The molecule has 0 radical (unpaired) electrons. The van der Waals surface area contributed by atoms with E-state index in [0.717, 1.165) is 0 Å². The summed E-state index contributed by atoms with van der Waals surface area (Å²) in [4.78, 5) is 2.72. The largest absolute Gasteiger partial charge is 0.506 e. The van der Waals surface area contributed by atoms with Crippen LogP contribution in [-0.4, -0.2) is 10.1 Å². The Hall–Kier alpha value is -1.26. The maximum absolute atomic E-state index is 12.8. The second-order valence-electron chi connectivity index (χ2n) is 2.16. The van der Waals surface area contributed by atoms with Crippen molar-refractivity contribution in [1.29, 1.82) is 0 Å². The van der Waals surface area contributed by atoms with Crippen LogP contribution in [0, 0.1) is 13.7 Å². The molecule has 0 unspecified atom stereocenters. The number of aromatic nitrogens is 1. The smallest absolute Gasteiger partial charge is 0.433 e. The van der Waals surface area contributed by atoms with E-state index < -0.39 is 48.6 Å². The summed E-state index contributed by atoms with van der Waals surface area (Å²) in [6.07, 6.45) is -5.27. The lowest BCUT2D eigenvalue weighted by molar-refractivity contribution is -0.141. The minimum atomic E-state index is -5.27. The number of nitrogens with zero attached hydrogens (tertiary/aromatic N) is 1. The molecule has 0 aliphatic rings. The summed E-state index contributed by atoms with van der Waals surface area (Å²) in [6.45, 7) is -6.59. The van der Waals surface area contributed by atoms with Gasteiger partial charge in [-0.05, 0) is 25.3 Å². The Balaban J connectivity index is 3.85. The van der Waals surface area contributed by atoms with Crippen molar-refractivity contribution in [2.45, 2.75) is 19.9 Å². The van der Waals surface area contributed by atoms with E-state index in [2.05, 4.69) is 4.98 Å². The van der Waals surface area contributed by atoms with Gasteiger partial charge in [0.05, 0.1) is 7.06 Å². The summed E-state index contributed by atoms with van der Waals surface area (Å²) in [7, 11) is 0. The Labute approximate surface area is 82.9 Å². The van der Waals surface area contributed by atoms with Crippen LogP contribution in [0.25, 0.3) is 0 Å². The monoisotopic (exact) mass is 198 g/mol. The van der Waals surface area contributed by atoms with Crippen molar-refractivity contribution in [3.8, 4) is 5.75 Å². The number of hydrogen-bond donors (Lipinski definition) is 1. The Morgan fingerprint density at radius 3 is 2.69 bits per heavy atom. The van der Waals surface area contributed by atoms with Gasteiger partial charge in [0, 0.05) is 8.22 Å². The lowest BCUT2D eigenvalue weighted by atomic mass is 10.2. The number of aryl methyl sites for hydroxylation is 1. The van der Waals surface area contributed by atoms with Gasteiger partial charge >= 0.3 is 6.18 Å². The van der Waals surface area contributed by atoms with Crippen molar-refractivity contribution in [1.82, 2.24) is 4.98 Å². The van der Waals surface area contributed by atoms with E-state index in [9.17, 15) is 18.3 Å². The molecule has 1 N–H and O–H groups in total. The van der Waals surface area contributed by atoms with Crippen LogP contribution in [0.15, 0.2) is 6.04 Å². The highest BCUT2D eigenvalue weighted by molar-refractivity contribution is 5.34. The van der Waals surface area contributed by atoms with Gasteiger partial charge < -0.3 is 5.11 Å². The Morgan fingerprint density at radius 1 is 1.54 bits per heavy atom. The molecule has 0 saturated heterocycles. The van der Waals surface area contributed by atoms with Gasteiger partial charge in [-0.3, -0.25) is 0 Å². The third-order valence-corrected chi connectivity index (χ3v) is 1.20. The Bertz CT molecular complexity index is 535. The zero-order valence-corrected chi connectivity index (χ0v) is 6.03. The van der Waals surface area contributed by atoms with Crippen LogP contribution < -0.4 is 0 Å². The molecule has 0 bridgehead atoms. The first-order chi connectivity index (χ1) is 8.67. The fraction of sp³-hybridized carbons (Fsp3) is 0.375. The fourth-order valence-electron chi connectivity index (χ4n) is 0.663. The first-order valence-electron chi connectivity index (χ1n) is 6.49. The molecular weight excluding hydrogens is 183 g/mol. The van der Waals surface area contributed by atoms with Crippen LogP contribution in [0.1, 0.15) is 26.5 Å². The van der Waals surface area contributed by atoms with Gasteiger partial charge in [0.25, 0.3) is 0 Å². The molecule has 0 aliphatic heterocycles. The maximum Gasteiger partial charge on any atom is 0.433 e.